The lowest BCUT2D eigenvalue weighted by atomic mass is 9.83. The van der Waals surface area contributed by atoms with Gasteiger partial charge in [0, 0.05) is 33.8 Å². The van der Waals surface area contributed by atoms with Gasteiger partial charge in [0.1, 0.15) is 12.4 Å². The number of nitrogens with zero attached hydrogens (tertiary/aromatic N) is 5. The molecule has 0 bridgehead atoms. The highest BCUT2D eigenvalue weighted by molar-refractivity contribution is 14.0. The van der Waals surface area contributed by atoms with E-state index in [9.17, 15) is 0 Å². The summed E-state index contributed by atoms with van der Waals surface area (Å²) in [7, 11) is 4.15. The average Bonchev–Trinajstić information content (AvgIpc) is 3.28. The van der Waals surface area contributed by atoms with Crippen molar-refractivity contribution in [2.45, 2.75) is 65.0 Å². The van der Waals surface area contributed by atoms with E-state index < -0.39 is 0 Å². The van der Waals surface area contributed by atoms with E-state index in [2.05, 4.69) is 34.4 Å². The van der Waals surface area contributed by atoms with Crippen LogP contribution >= 0.6 is 24.0 Å². The van der Waals surface area contributed by atoms with Crippen LogP contribution in [-0.4, -0.2) is 58.5 Å². The lowest BCUT2D eigenvalue weighted by Gasteiger charge is -2.31. The molecule has 28 heavy (non-hydrogen) atoms. The summed E-state index contributed by atoms with van der Waals surface area (Å²) in [5, 5.41) is 11.9. The second-order valence-electron chi connectivity index (χ2n) is 8.38. The van der Waals surface area contributed by atoms with E-state index >= 15 is 0 Å². The molecule has 0 amide bonds. The zero-order valence-corrected chi connectivity index (χ0v) is 20.2. The molecule has 1 saturated carbocycles. The molecule has 8 heteroatoms. The molecule has 1 atom stereocenters. The van der Waals surface area contributed by atoms with Crippen LogP contribution in [0.15, 0.2) is 4.99 Å². The van der Waals surface area contributed by atoms with Gasteiger partial charge in [-0.05, 0) is 44.4 Å². The Morgan fingerprint density at radius 1 is 1.25 bits per heavy atom. The maximum atomic E-state index is 5.77. The van der Waals surface area contributed by atoms with Gasteiger partial charge in [0.05, 0.1) is 6.10 Å². The molecule has 2 aliphatic rings. The molecule has 1 N–H and O–H groups in total. The Balaban J connectivity index is 0.00000280. The van der Waals surface area contributed by atoms with Crippen LogP contribution in [0.5, 0.6) is 0 Å². The van der Waals surface area contributed by atoms with Gasteiger partial charge in [-0.15, -0.1) is 34.2 Å². The number of nitrogens with one attached hydrogen (secondary N) is 1. The topological polar surface area (TPSA) is 67.6 Å². The minimum absolute atomic E-state index is 0. The van der Waals surface area contributed by atoms with E-state index in [0.717, 1.165) is 62.0 Å². The van der Waals surface area contributed by atoms with Crippen molar-refractivity contribution >= 4 is 29.9 Å². The molecule has 1 aliphatic carbocycles. The van der Waals surface area contributed by atoms with E-state index in [1.54, 1.807) is 0 Å². The Kier molecular flexibility index (Phi) is 9.46. The maximum absolute atomic E-state index is 5.77. The molecule has 160 valence electrons. The summed E-state index contributed by atoms with van der Waals surface area (Å²) >= 11 is 0. The molecule has 2 heterocycles. The molecule has 2 fully saturated rings. The summed E-state index contributed by atoms with van der Waals surface area (Å²) in [6, 6.07) is 0. The molecule has 1 aliphatic heterocycles. The van der Waals surface area contributed by atoms with Gasteiger partial charge in [-0.25, -0.2) is 4.99 Å². The number of guanidine groups is 1. The molecule has 1 aromatic heterocycles. The molecule has 1 saturated heterocycles. The first-order valence-corrected chi connectivity index (χ1v) is 10.5. The normalized spacial score (nSPS) is 25.4. The SMILES string of the molecule is Cc1nnc(CN=C(NCC2CCCO2)N(C)CC2CCC(C)CC2)n1C.I. The van der Waals surface area contributed by atoms with Crippen LogP contribution in [0, 0.1) is 18.8 Å². The Hall–Kier alpha value is -0.900. The molecule has 0 spiro atoms. The number of hydrogen-bond acceptors (Lipinski definition) is 4. The van der Waals surface area contributed by atoms with Crippen molar-refractivity contribution in [1.29, 1.82) is 0 Å². The van der Waals surface area contributed by atoms with Crippen LogP contribution in [-0.2, 0) is 18.3 Å². The number of aromatic nitrogens is 3. The van der Waals surface area contributed by atoms with Crippen LogP contribution in [0.4, 0.5) is 0 Å². The van der Waals surface area contributed by atoms with Gasteiger partial charge in [0.2, 0.25) is 0 Å². The minimum Gasteiger partial charge on any atom is -0.376 e. The molecule has 7 nitrogen and oxygen atoms in total. The fourth-order valence-electron chi connectivity index (χ4n) is 4.04. The predicted molar refractivity (Wildman–Crippen MR) is 123 cm³/mol. The fraction of sp³-hybridized carbons (Fsp3) is 0.850. The highest BCUT2D eigenvalue weighted by atomic mass is 127. The Labute approximate surface area is 186 Å². The smallest absolute Gasteiger partial charge is 0.194 e. The predicted octanol–water partition coefficient (Wildman–Crippen LogP) is 3.12. The van der Waals surface area contributed by atoms with Crippen LogP contribution in [0.25, 0.3) is 0 Å². The van der Waals surface area contributed by atoms with Crippen LogP contribution in [0.1, 0.15) is 57.1 Å². The zero-order chi connectivity index (χ0) is 19.2. The summed E-state index contributed by atoms with van der Waals surface area (Å²) in [5.74, 6) is 4.40. The molecule has 1 aromatic rings. The van der Waals surface area contributed by atoms with Gasteiger partial charge in [-0.3, -0.25) is 0 Å². The van der Waals surface area contributed by atoms with Gasteiger partial charge in [-0.2, -0.15) is 0 Å². The van der Waals surface area contributed by atoms with E-state index in [1.807, 2.05) is 18.5 Å². The third-order valence-electron chi connectivity index (χ3n) is 6.09. The van der Waals surface area contributed by atoms with Gasteiger partial charge in [-0.1, -0.05) is 19.8 Å². The summed E-state index contributed by atoms with van der Waals surface area (Å²) in [6.07, 6.45) is 7.95. The largest absolute Gasteiger partial charge is 0.376 e. The lowest BCUT2D eigenvalue weighted by molar-refractivity contribution is 0.113. The van der Waals surface area contributed by atoms with Gasteiger partial charge in [0.25, 0.3) is 0 Å². The summed E-state index contributed by atoms with van der Waals surface area (Å²) in [5.41, 5.74) is 0. The molecule has 0 aromatic carbocycles. The van der Waals surface area contributed by atoms with Gasteiger partial charge >= 0.3 is 0 Å². The van der Waals surface area contributed by atoms with E-state index in [1.165, 1.54) is 25.7 Å². The zero-order valence-electron chi connectivity index (χ0n) is 17.9. The quantitative estimate of drug-likeness (QED) is 0.367. The third kappa shape index (κ3) is 6.57. The fourth-order valence-corrected chi connectivity index (χ4v) is 4.04. The minimum atomic E-state index is 0. The van der Waals surface area contributed by atoms with Crippen molar-refractivity contribution in [3.63, 3.8) is 0 Å². The maximum Gasteiger partial charge on any atom is 0.194 e. The number of halogens is 1. The molecule has 3 rings (SSSR count). The van der Waals surface area contributed by atoms with E-state index in [0.29, 0.717) is 12.6 Å². The highest BCUT2D eigenvalue weighted by Crippen LogP contribution is 2.28. The monoisotopic (exact) mass is 504 g/mol. The second kappa shape index (κ2) is 11.3. The summed E-state index contributed by atoms with van der Waals surface area (Å²) in [4.78, 5) is 7.15. The van der Waals surface area contributed by atoms with Crippen molar-refractivity contribution in [1.82, 2.24) is 25.0 Å². The molecule has 0 radical (unpaired) electrons. The Bertz CT molecular complexity index is 620. The summed E-state index contributed by atoms with van der Waals surface area (Å²) < 4.78 is 7.77. The first kappa shape index (κ1) is 23.4. The Morgan fingerprint density at radius 3 is 2.61 bits per heavy atom. The van der Waals surface area contributed by atoms with Crippen molar-refractivity contribution < 1.29 is 4.74 Å². The van der Waals surface area contributed by atoms with E-state index in [-0.39, 0.29) is 24.0 Å². The molecule has 1 unspecified atom stereocenters. The standard InChI is InChI=1S/C20H36N6O.HI/c1-15-7-9-17(10-8-15)14-25(3)20(21-12-18-6-5-11-27-18)22-13-19-24-23-16(2)26(19)4;/h15,17-18H,5-14H2,1-4H3,(H,21,22);1H. The van der Waals surface area contributed by atoms with Crippen LogP contribution < -0.4 is 5.32 Å². The Morgan fingerprint density at radius 2 is 2.00 bits per heavy atom. The second-order valence-corrected chi connectivity index (χ2v) is 8.38. The lowest BCUT2D eigenvalue weighted by Crippen LogP contribution is -2.44. The van der Waals surface area contributed by atoms with Crippen molar-refractivity contribution in [3.05, 3.63) is 11.6 Å². The van der Waals surface area contributed by atoms with Crippen molar-refractivity contribution in [2.24, 2.45) is 23.9 Å². The van der Waals surface area contributed by atoms with Gasteiger partial charge < -0.3 is 19.5 Å². The highest BCUT2D eigenvalue weighted by Gasteiger charge is 2.22. The number of aliphatic imine (C=N–C) groups is 1. The number of rotatable bonds is 6. The van der Waals surface area contributed by atoms with E-state index in [4.69, 9.17) is 9.73 Å². The molecular weight excluding hydrogens is 467 g/mol. The van der Waals surface area contributed by atoms with Crippen molar-refractivity contribution in [2.75, 3.05) is 26.7 Å². The van der Waals surface area contributed by atoms with Crippen LogP contribution in [0.3, 0.4) is 0 Å². The number of aryl methyl sites for hydroxylation is 1. The summed E-state index contributed by atoms with van der Waals surface area (Å²) in [6.45, 7) is 7.64. The first-order chi connectivity index (χ1) is 13.0. The van der Waals surface area contributed by atoms with Crippen molar-refractivity contribution in [3.8, 4) is 0 Å². The average molecular weight is 504 g/mol. The first-order valence-electron chi connectivity index (χ1n) is 10.5. The number of ether oxygens (including phenoxy) is 1. The molecular formula is C20H37IN6O. The number of hydrogen-bond donors (Lipinski definition) is 1. The van der Waals surface area contributed by atoms with Gasteiger partial charge in [0.15, 0.2) is 11.8 Å². The van der Waals surface area contributed by atoms with Crippen LogP contribution in [0.2, 0.25) is 0 Å². The third-order valence-corrected chi connectivity index (χ3v) is 6.09.